The molecule has 254 valence electrons. The summed E-state index contributed by atoms with van der Waals surface area (Å²) < 4.78 is 14.2. The Morgan fingerprint density at radius 2 is 0.815 bits per heavy atom. The van der Waals surface area contributed by atoms with Crippen molar-refractivity contribution in [3.63, 3.8) is 0 Å². The molecule has 0 spiro atoms. The second-order valence-electron chi connectivity index (χ2n) is 13.6. The van der Waals surface area contributed by atoms with Gasteiger partial charge in [0.1, 0.15) is 11.8 Å². The normalized spacial score (nSPS) is 12.1. The van der Waals surface area contributed by atoms with Crippen LogP contribution in [0, 0.1) is 0 Å². The molecule has 0 saturated carbocycles. The third-order valence-corrected chi connectivity index (χ3v) is 11.7. The molecule has 0 aliphatic heterocycles. The van der Waals surface area contributed by atoms with E-state index < -0.39 is 0 Å². The minimum absolute atomic E-state index is 0.832. The summed E-state index contributed by atoms with van der Waals surface area (Å²) in [5.41, 5.74) is 15.8. The van der Waals surface area contributed by atoms with Crippen LogP contribution >= 0.6 is 11.3 Å². The van der Waals surface area contributed by atoms with Crippen LogP contribution in [-0.2, 0) is 0 Å². The Labute approximate surface area is 311 Å². The zero-order valence-corrected chi connectivity index (χ0v) is 29.6. The second-order valence-corrected chi connectivity index (χ2v) is 14.6. The summed E-state index contributed by atoms with van der Waals surface area (Å²) in [5.74, 6) is 0. The zero-order valence-electron chi connectivity index (χ0n) is 28.8. The lowest BCUT2D eigenvalue weighted by Crippen LogP contribution is -2.13. The van der Waals surface area contributed by atoms with Gasteiger partial charge in [-0.25, -0.2) is 9.97 Å². The molecule has 0 unspecified atom stereocenters. The highest BCUT2D eigenvalue weighted by Crippen LogP contribution is 2.40. The molecule has 5 heterocycles. The number of para-hydroxylation sites is 8. The minimum Gasteiger partial charge on any atom is -0.306 e. The van der Waals surface area contributed by atoms with Gasteiger partial charge in [0, 0.05) is 17.1 Å². The summed E-state index contributed by atoms with van der Waals surface area (Å²) in [5, 5.41) is 0. The first-order chi connectivity index (χ1) is 26.8. The highest BCUT2D eigenvalue weighted by atomic mass is 32.1. The third kappa shape index (κ3) is 4.00. The van der Waals surface area contributed by atoms with Crippen LogP contribution in [0.3, 0.4) is 0 Å². The van der Waals surface area contributed by atoms with Crippen LogP contribution in [0.5, 0.6) is 0 Å². The minimum atomic E-state index is 0.832. The van der Waals surface area contributed by atoms with E-state index in [1.54, 1.807) is 6.33 Å². The molecule has 7 nitrogen and oxygen atoms in total. The van der Waals surface area contributed by atoms with Crippen molar-refractivity contribution in [2.75, 3.05) is 0 Å². The molecule has 0 saturated heterocycles. The van der Waals surface area contributed by atoms with E-state index in [0.717, 1.165) is 78.0 Å². The van der Waals surface area contributed by atoms with Crippen LogP contribution in [0.1, 0.15) is 0 Å². The van der Waals surface area contributed by atoms with E-state index in [0.29, 0.717) is 0 Å². The average Bonchev–Trinajstić information content (AvgIpc) is 3.24. The van der Waals surface area contributed by atoms with Gasteiger partial charge in [-0.3, -0.25) is 13.5 Å². The Morgan fingerprint density at radius 1 is 0.333 bits per heavy atom. The van der Waals surface area contributed by atoms with E-state index in [2.05, 4.69) is 192 Å². The zero-order chi connectivity index (χ0) is 35.3. The molecular formula is C46H29N7S. The van der Waals surface area contributed by atoms with Gasteiger partial charge in [0.25, 0.3) is 0 Å². The fraction of sp³-hybridized carbons (Fsp3) is 0. The van der Waals surface area contributed by atoms with Gasteiger partial charge in [0.05, 0.1) is 59.1 Å². The third-order valence-electron chi connectivity index (χ3n) is 10.6. The van der Waals surface area contributed by atoms with E-state index in [4.69, 9.17) is 9.97 Å². The van der Waals surface area contributed by atoms with Crippen molar-refractivity contribution < 1.29 is 0 Å². The van der Waals surface area contributed by atoms with E-state index >= 15 is 0 Å². The van der Waals surface area contributed by atoms with Gasteiger partial charge in [-0.2, -0.15) is 0 Å². The first-order valence-corrected chi connectivity index (χ1v) is 18.8. The number of hydrogen-bond donors (Lipinski definition) is 0. The standard InChI is InChI=1S/C46H29N7S/c1-4-15-30(16-5-1)49-33-21-10-12-23-35(33)53-40-27-38-39(28-42(40)54-41-26-14-25-37(49)43(41)53)51(32-19-8-3-9-20-32)46-44-45(47-29-48-46)50(31-17-6-2-7-18-31)34-22-11-13-24-36(34)52(38)44/h1-29H. The van der Waals surface area contributed by atoms with Crippen LogP contribution in [0.4, 0.5) is 0 Å². The highest BCUT2D eigenvalue weighted by Gasteiger charge is 2.23. The van der Waals surface area contributed by atoms with Crippen molar-refractivity contribution in [1.29, 1.82) is 0 Å². The van der Waals surface area contributed by atoms with Gasteiger partial charge in [0.15, 0.2) is 11.3 Å². The quantitative estimate of drug-likeness (QED) is 0.135. The summed E-state index contributed by atoms with van der Waals surface area (Å²) in [6.45, 7) is 0. The van der Waals surface area contributed by atoms with Gasteiger partial charge in [0.2, 0.25) is 0 Å². The van der Waals surface area contributed by atoms with Crippen LogP contribution in [-0.4, -0.2) is 32.5 Å². The predicted molar refractivity (Wildman–Crippen MR) is 222 cm³/mol. The monoisotopic (exact) mass is 711 g/mol. The maximum absolute atomic E-state index is 5.06. The fourth-order valence-electron chi connectivity index (χ4n) is 8.48. The Bertz CT molecular complexity index is 3490. The van der Waals surface area contributed by atoms with Crippen LogP contribution < -0.4 is 0 Å². The number of nitrogens with zero attached hydrogens (tertiary/aromatic N) is 7. The number of benzene rings is 7. The summed E-state index contributed by atoms with van der Waals surface area (Å²) >= 11 is 1.83. The molecule has 7 aromatic carbocycles. The molecule has 0 fully saturated rings. The van der Waals surface area contributed by atoms with Gasteiger partial charge < -0.3 is 8.97 Å². The SMILES string of the molecule is c1ccc(-n2c3ccccc3n3c4cc5c(cc4sc4cccc2c43)n(-c2ccccc2)c2ncnc3c2n5c2ccccc2n3-c2ccccc2)cc1. The number of hydrogen-bond acceptors (Lipinski definition) is 3. The molecule has 0 radical (unpaired) electrons. The Hall–Kier alpha value is -7.16. The molecule has 0 N–H and O–H groups in total. The molecule has 0 amide bonds. The average molecular weight is 712 g/mol. The fourth-order valence-corrected chi connectivity index (χ4v) is 9.58. The molecule has 0 bridgehead atoms. The summed E-state index contributed by atoms with van der Waals surface area (Å²) in [7, 11) is 0. The topological polar surface area (TPSA) is 49.4 Å². The molecular weight excluding hydrogens is 683 g/mol. The van der Waals surface area contributed by atoms with E-state index in [-0.39, 0.29) is 0 Å². The molecule has 0 atom stereocenters. The van der Waals surface area contributed by atoms with Gasteiger partial charge in [-0.1, -0.05) is 84.9 Å². The van der Waals surface area contributed by atoms with Crippen molar-refractivity contribution in [2.24, 2.45) is 0 Å². The smallest absolute Gasteiger partial charge is 0.167 e. The van der Waals surface area contributed by atoms with Crippen molar-refractivity contribution in [3.05, 3.63) is 176 Å². The molecule has 5 aromatic heterocycles. The van der Waals surface area contributed by atoms with Gasteiger partial charge >= 0.3 is 0 Å². The Balaban J connectivity index is 1.36. The lowest BCUT2D eigenvalue weighted by Gasteiger charge is -2.24. The molecule has 0 aliphatic rings. The summed E-state index contributed by atoms with van der Waals surface area (Å²) in [6.07, 6.45) is 1.70. The summed E-state index contributed by atoms with van der Waals surface area (Å²) in [4.78, 5) is 10.1. The maximum atomic E-state index is 5.06. The number of aromatic nitrogens is 7. The highest BCUT2D eigenvalue weighted by molar-refractivity contribution is 7.24. The lowest BCUT2D eigenvalue weighted by atomic mass is 10.1. The van der Waals surface area contributed by atoms with Gasteiger partial charge in [-0.05, 0) is 84.9 Å². The molecule has 54 heavy (non-hydrogen) atoms. The Kier molecular flexibility index (Phi) is 6.09. The van der Waals surface area contributed by atoms with Crippen LogP contribution in [0.25, 0.3) is 92.9 Å². The lowest BCUT2D eigenvalue weighted by molar-refractivity contribution is 1.03. The summed E-state index contributed by atoms with van der Waals surface area (Å²) in [6, 6.07) is 60.5. The molecule has 12 rings (SSSR count). The Morgan fingerprint density at radius 3 is 1.43 bits per heavy atom. The molecule has 12 aromatic rings. The molecule has 8 heteroatoms. The number of fused-ring (bicyclic) bond motifs is 8. The first kappa shape index (κ1) is 29.4. The maximum Gasteiger partial charge on any atom is 0.167 e. The predicted octanol–water partition coefficient (Wildman–Crippen LogP) is 11.5. The van der Waals surface area contributed by atoms with Crippen molar-refractivity contribution in [2.45, 2.75) is 0 Å². The van der Waals surface area contributed by atoms with Gasteiger partial charge in [-0.15, -0.1) is 11.3 Å². The van der Waals surface area contributed by atoms with Crippen molar-refractivity contribution in [1.82, 2.24) is 32.5 Å². The largest absolute Gasteiger partial charge is 0.306 e. The number of rotatable bonds is 3. The molecule has 0 aliphatic carbocycles. The first-order valence-electron chi connectivity index (χ1n) is 18.0. The van der Waals surface area contributed by atoms with Crippen LogP contribution in [0.15, 0.2) is 176 Å². The van der Waals surface area contributed by atoms with Crippen molar-refractivity contribution in [3.8, 4) is 17.1 Å². The van der Waals surface area contributed by atoms with E-state index in [1.807, 2.05) is 11.3 Å². The van der Waals surface area contributed by atoms with E-state index in [1.165, 1.54) is 14.9 Å². The van der Waals surface area contributed by atoms with Crippen LogP contribution in [0.2, 0.25) is 0 Å². The second kappa shape index (κ2) is 11.2. The van der Waals surface area contributed by atoms with Crippen molar-refractivity contribution >= 4 is 87.2 Å². The van der Waals surface area contributed by atoms with E-state index in [9.17, 15) is 0 Å².